The van der Waals surface area contributed by atoms with Crippen LogP contribution in [0.2, 0.25) is 0 Å². The Labute approximate surface area is 91.5 Å². The molecule has 0 aromatic carbocycles. The third kappa shape index (κ3) is 2.25. The summed E-state index contributed by atoms with van der Waals surface area (Å²) in [4.78, 5) is 4.16. The Morgan fingerprint density at radius 2 is 2.07 bits per heavy atom. The van der Waals surface area contributed by atoms with Crippen LogP contribution in [-0.4, -0.2) is 20.7 Å². The van der Waals surface area contributed by atoms with E-state index < -0.39 is 5.92 Å². The second kappa shape index (κ2) is 3.66. The van der Waals surface area contributed by atoms with E-state index in [4.69, 9.17) is 12.2 Å². The van der Waals surface area contributed by atoms with E-state index in [0.717, 1.165) is 5.82 Å². The molecule has 1 aromatic rings. The molecule has 0 radical (unpaired) electrons. The van der Waals surface area contributed by atoms with Gasteiger partial charge in [-0.3, -0.25) is 9.78 Å². The molecule has 0 unspecified atom stereocenters. The molecule has 0 spiro atoms. The number of aromatic nitrogens is 3. The number of aromatic amines is 1. The van der Waals surface area contributed by atoms with Gasteiger partial charge in [0.15, 0.2) is 0 Å². The average Bonchev–Trinajstić information content (AvgIpc) is 2.47. The van der Waals surface area contributed by atoms with Crippen LogP contribution < -0.4 is 0 Å². The zero-order valence-electron chi connectivity index (χ0n) is 8.46. The lowest BCUT2D eigenvalue weighted by atomic mass is 9.86. The highest BCUT2D eigenvalue weighted by atomic mass is 32.1. The minimum atomic E-state index is -2.48. The number of alkyl halides is 2. The van der Waals surface area contributed by atoms with Crippen LogP contribution >= 0.6 is 12.2 Å². The minimum absolute atomic E-state index is 0.0468. The van der Waals surface area contributed by atoms with Gasteiger partial charge in [-0.05, 0) is 25.1 Å². The van der Waals surface area contributed by atoms with E-state index in [1.807, 2.05) is 0 Å². The lowest BCUT2D eigenvalue weighted by Crippen LogP contribution is -2.24. The van der Waals surface area contributed by atoms with Gasteiger partial charge in [-0.1, -0.05) is 0 Å². The highest BCUT2D eigenvalue weighted by Crippen LogP contribution is 2.39. The zero-order chi connectivity index (χ0) is 11.1. The van der Waals surface area contributed by atoms with Crippen molar-refractivity contribution in [1.29, 1.82) is 0 Å². The summed E-state index contributed by atoms with van der Waals surface area (Å²) >= 11 is 4.96. The summed E-state index contributed by atoms with van der Waals surface area (Å²) in [5, 5.41) is 3.00. The molecule has 3 nitrogen and oxygen atoms in total. The van der Waals surface area contributed by atoms with Crippen molar-refractivity contribution in [3.05, 3.63) is 10.6 Å². The number of rotatable bonds is 1. The second-order valence-corrected chi connectivity index (χ2v) is 4.45. The molecule has 1 N–H and O–H groups in total. The maximum atomic E-state index is 12.9. The third-order valence-electron chi connectivity index (χ3n) is 2.89. The number of H-pyrrole nitrogens is 1. The highest BCUT2D eigenvalue weighted by molar-refractivity contribution is 7.71. The molecule has 1 saturated carbocycles. The molecule has 15 heavy (non-hydrogen) atoms. The van der Waals surface area contributed by atoms with Crippen LogP contribution in [0.1, 0.15) is 37.4 Å². The molecule has 1 aliphatic carbocycles. The molecular formula is C9H13F2N3S. The SMILES string of the molecule is Cn1[nH]c(C2CCC(F)(F)CC2)nc1=S. The topological polar surface area (TPSA) is 33.6 Å². The monoisotopic (exact) mass is 233 g/mol. The van der Waals surface area contributed by atoms with Crippen molar-refractivity contribution in [2.45, 2.75) is 37.5 Å². The molecule has 1 aromatic heterocycles. The predicted molar refractivity (Wildman–Crippen MR) is 54.5 cm³/mol. The van der Waals surface area contributed by atoms with Gasteiger partial charge in [0.25, 0.3) is 0 Å². The average molecular weight is 233 g/mol. The number of hydrogen-bond donors (Lipinski definition) is 1. The van der Waals surface area contributed by atoms with Crippen molar-refractivity contribution in [1.82, 2.24) is 14.8 Å². The van der Waals surface area contributed by atoms with Crippen LogP contribution in [0.4, 0.5) is 8.78 Å². The van der Waals surface area contributed by atoms with Crippen molar-refractivity contribution >= 4 is 12.2 Å². The molecule has 6 heteroatoms. The Balaban J connectivity index is 2.11. The lowest BCUT2D eigenvalue weighted by Gasteiger charge is -2.26. The van der Waals surface area contributed by atoms with Gasteiger partial charge in [-0.15, -0.1) is 0 Å². The number of nitrogens with zero attached hydrogens (tertiary/aromatic N) is 2. The second-order valence-electron chi connectivity index (χ2n) is 4.08. The van der Waals surface area contributed by atoms with E-state index in [9.17, 15) is 8.78 Å². The van der Waals surface area contributed by atoms with Gasteiger partial charge in [0.05, 0.1) is 0 Å². The minimum Gasteiger partial charge on any atom is -0.283 e. The molecule has 2 rings (SSSR count). The fourth-order valence-corrected chi connectivity index (χ4v) is 2.06. The lowest BCUT2D eigenvalue weighted by molar-refractivity contribution is -0.0387. The molecule has 0 aliphatic heterocycles. The van der Waals surface area contributed by atoms with Crippen LogP contribution in [-0.2, 0) is 7.05 Å². The molecule has 0 saturated heterocycles. The first-order chi connectivity index (χ1) is 6.98. The third-order valence-corrected chi connectivity index (χ3v) is 3.25. The maximum absolute atomic E-state index is 12.9. The number of halogens is 2. The van der Waals surface area contributed by atoms with Crippen LogP contribution in [0.3, 0.4) is 0 Å². The van der Waals surface area contributed by atoms with E-state index in [2.05, 4.69) is 10.1 Å². The molecule has 1 heterocycles. The summed E-state index contributed by atoms with van der Waals surface area (Å²) in [6, 6.07) is 0. The quantitative estimate of drug-likeness (QED) is 0.757. The Kier molecular flexibility index (Phi) is 2.62. The summed E-state index contributed by atoms with van der Waals surface area (Å²) in [6.45, 7) is 0. The standard InChI is InChI=1S/C9H13F2N3S/c1-14-8(15)12-7(13-14)6-2-4-9(10,11)5-3-6/h6H,2-5H2,1H3,(H,12,13,15). The summed E-state index contributed by atoms with van der Waals surface area (Å²) in [7, 11) is 1.77. The molecule has 1 fully saturated rings. The largest absolute Gasteiger partial charge is 0.283 e. The molecule has 0 bridgehead atoms. The Hall–Kier alpha value is -0.780. The van der Waals surface area contributed by atoms with E-state index >= 15 is 0 Å². The van der Waals surface area contributed by atoms with Crippen molar-refractivity contribution in [2.75, 3.05) is 0 Å². The Morgan fingerprint density at radius 3 is 2.53 bits per heavy atom. The van der Waals surface area contributed by atoms with Crippen molar-refractivity contribution in [3.63, 3.8) is 0 Å². The summed E-state index contributed by atoms with van der Waals surface area (Å²) in [5.41, 5.74) is 0. The van der Waals surface area contributed by atoms with Gasteiger partial charge < -0.3 is 0 Å². The van der Waals surface area contributed by atoms with E-state index in [1.165, 1.54) is 0 Å². The van der Waals surface area contributed by atoms with Crippen LogP contribution in [0.15, 0.2) is 0 Å². The maximum Gasteiger partial charge on any atom is 0.248 e. The first-order valence-corrected chi connectivity index (χ1v) is 5.39. The Bertz CT molecular complexity index is 400. The van der Waals surface area contributed by atoms with Crippen molar-refractivity contribution in [2.24, 2.45) is 7.05 Å². The van der Waals surface area contributed by atoms with E-state index in [-0.39, 0.29) is 18.8 Å². The van der Waals surface area contributed by atoms with Crippen LogP contribution in [0, 0.1) is 4.77 Å². The fourth-order valence-electron chi connectivity index (χ4n) is 1.92. The van der Waals surface area contributed by atoms with Crippen LogP contribution in [0.5, 0.6) is 0 Å². The first kappa shape index (κ1) is 10.7. The molecule has 0 amide bonds. The molecule has 84 valence electrons. The van der Waals surface area contributed by atoms with Crippen molar-refractivity contribution in [3.8, 4) is 0 Å². The molecule has 1 aliphatic rings. The molecular weight excluding hydrogens is 220 g/mol. The highest BCUT2D eigenvalue weighted by Gasteiger charge is 2.36. The summed E-state index contributed by atoms with van der Waals surface area (Å²) in [5.74, 6) is -1.63. The van der Waals surface area contributed by atoms with Gasteiger partial charge in [-0.25, -0.2) is 13.8 Å². The zero-order valence-corrected chi connectivity index (χ0v) is 9.28. The normalized spacial score (nSPS) is 21.8. The summed E-state index contributed by atoms with van der Waals surface area (Å²) < 4.78 is 28.0. The number of hydrogen-bond acceptors (Lipinski definition) is 2. The fraction of sp³-hybridized carbons (Fsp3) is 0.778. The Morgan fingerprint density at radius 1 is 1.47 bits per heavy atom. The van der Waals surface area contributed by atoms with Gasteiger partial charge in [0, 0.05) is 25.8 Å². The van der Waals surface area contributed by atoms with E-state index in [1.54, 1.807) is 11.7 Å². The number of nitrogens with one attached hydrogen (secondary N) is 1. The van der Waals surface area contributed by atoms with Crippen LogP contribution in [0.25, 0.3) is 0 Å². The smallest absolute Gasteiger partial charge is 0.248 e. The predicted octanol–water partition coefficient (Wildman–Crippen LogP) is 2.77. The van der Waals surface area contributed by atoms with Crippen molar-refractivity contribution < 1.29 is 8.78 Å². The summed E-state index contributed by atoms with van der Waals surface area (Å²) in [6.07, 6.45) is 0.869. The van der Waals surface area contributed by atoms with E-state index in [0.29, 0.717) is 17.6 Å². The van der Waals surface area contributed by atoms with Gasteiger partial charge >= 0.3 is 0 Å². The first-order valence-electron chi connectivity index (χ1n) is 4.99. The van der Waals surface area contributed by atoms with Gasteiger partial charge in [-0.2, -0.15) is 0 Å². The number of aryl methyl sites for hydroxylation is 1. The van der Waals surface area contributed by atoms with Gasteiger partial charge in [0.2, 0.25) is 10.7 Å². The molecule has 0 atom stereocenters. The van der Waals surface area contributed by atoms with Gasteiger partial charge in [0.1, 0.15) is 5.82 Å².